The summed E-state index contributed by atoms with van der Waals surface area (Å²) in [4.78, 5) is 2.26. The quantitative estimate of drug-likeness (QED) is 0.685. The SMILES string of the molecule is CN(CCCCCO)CCC(N)c1cccc(Cl)c1Cl. The number of aliphatic hydroxyl groups excluding tert-OH is 1. The van der Waals surface area contributed by atoms with E-state index in [4.69, 9.17) is 34.0 Å². The zero-order valence-corrected chi connectivity index (χ0v) is 13.5. The van der Waals surface area contributed by atoms with Gasteiger partial charge in [0.25, 0.3) is 0 Å². The molecule has 0 aliphatic rings. The van der Waals surface area contributed by atoms with Crippen molar-refractivity contribution >= 4 is 23.2 Å². The van der Waals surface area contributed by atoms with Crippen molar-refractivity contribution in [3.63, 3.8) is 0 Å². The average molecular weight is 319 g/mol. The van der Waals surface area contributed by atoms with Crippen LogP contribution >= 0.6 is 23.2 Å². The lowest BCUT2D eigenvalue weighted by atomic mass is 10.0. The zero-order chi connectivity index (χ0) is 15.0. The second kappa shape index (κ2) is 9.59. The number of halogens is 2. The van der Waals surface area contributed by atoms with E-state index < -0.39 is 0 Å². The Morgan fingerprint density at radius 1 is 1.20 bits per heavy atom. The lowest BCUT2D eigenvalue weighted by Gasteiger charge is -2.20. The maximum absolute atomic E-state index is 8.73. The van der Waals surface area contributed by atoms with Crippen molar-refractivity contribution in [1.82, 2.24) is 4.90 Å². The van der Waals surface area contributed by atoms with Crippen molar-refractivity contribution in [3.8, 4) is 0 Å². The molecule has 0 saturated heterocycles. The van der Waals surface area contributed by atoms with Crippen molar-refractivity contribution in [2.45, 2.75) is 31.7 Å². The molecule has 0 bridgehead atoms. The molecule has 0 aromatic heterocycles. The van der Waals surface area contributed by atoms with Crippen LogP contribution in [0, 0.1) is 0 Å². The Bertz CT molecular complexity index is 401. The Balaban J connectivity index is 2.35. The first-order valence-electron chi connectivity index (χ1n) is 7.05. The van der Waals surface area contributed by atoms with E-state index in [1.807, 2.05) is 12.1 Å². The van der Waals surface area contributed by atoms with E-state index in [0.29, 0.717) is 10.0 Å². The normalized spacial score (nSPS) is 12.9. The summed E-state index contributed by atoms with van der Waals surface area (Å²) in [5.74, 6) is 0. The van der Waals surface area contributed by atoms with Gasteiger partial charge in [-0.3, -0.25) is 0 Å². The molecule has 0 saturated carbocycles. The highest BCUT2D eigenvalue weighted by Gasteiger charge is 2.12. The van der Waals surface area contributed by atoms with Gasteiger partial charge in [-0.2, -0.15) is 0 Å². The number of unbranched alkanes of at least 4 members (excludes halogenated alkanes) is 2. The number of nitrogens with zero attached hydrogens (tertiary/aromatic N) is 1. The maximum Gasteiger partial charge on any atom is 0.0640 e. The molecule has 1 aromatic rings. The molecule has 0 fully saturated rings. The number of nitrogens with two attached hydrogens (primary N) is 1. The van der Waals surface area contributed by atoms with E-state index in [1.165, 1.54) is 0 Å². The average Bonchev–Trinajstić information content (AvgIpc) is 2.44. The van der Waals surface area contributed by atoms with Gasteiger partial charge in [0.05, 0.1) is 10.0 Å². The molecule has 1 atom stereocenters. The Kier molecular flexibility index (Phi) is 8.50. The van der Waals surface area contributed by atoms with Gasteiger partial charge in [0.1, 0.15) is 0 Å². The lowest BCUT2D eigenvalue weighted by Crippen LogP contribution is -2.25. The molecule has 1 aromatic carbocycles. The summed E-state index contributed by atoms with van der Waals surface area (Å²) in [5, 5.41) is 9.84. The van der Waals surface area contributed by atoms with Gasteiger partial charge in [-0.15, -0.1) is 0 Å². The first-order chi connectivity index (χ1) is 9.56. The van der Waals surface area contributed by atoms with E-state index in [1.54, 1.807) is 6.07 Å². The molecular formula is C15H24Cl2N2O. The minimum absolute atomic E-state index is 0.0962. The van der Waals surface area contributed by atoms with Crippen LogP contribution in [0.25, 0.3) is 0 Å². The van der Waals surface area contributed by atoms with Gasteiger partial charge >= 0.3 is 0 Å². The van der Waals surface area contributed by atoms with Gasteiger partial charge in [0.15, 0.2) is 0 Å². The molecule has 0 radical (unpaired) electrons. The Morgan fingerprint density at radius 3 is 2.65 bits per heavy atom. The largest absolute Gasteiger partial charge is 0.396 e. The fraction of sp³-hybridized carbons (Fsp3) is 0.600. The highest BCUT2D eigenvalue weighted by molar-refractivity contribution is 6.42. The van der Waals surface area contributed by atoms with Crippen LogP contribution in [-0.2, 0) is 0 Å². The molecule has 0 aliphatic carbocycles. The number of benzene rings is 1. The predicted molar refractivity (Wildman–Crippen MR) is 86.4 cm³/mol. The van der Waals surface area contributed by atoms with E-state index in [-0.39, 0.29) is 12.6 Å². The summed E-state index contributed by atoms with van der Waals surface area (Å²) >= 11 is 12.2. The summed E-state index contributed by atoms with van der Waals surface area (Å²) in [5.41, 5.74) is 7.10. The maximum atomic E-state index is 8.73. The first-order valence-corrected chi connectivity index (χ1v) is 7.80. The molecule has 114 valence electrons. The van der Waals surface area contributed by atoms with Crippen LogP contribution in [0.15, 0.2) is 18.2 Å². The minimum Gasteiger partial charge on any atom is -0.396 e. The molecular weight excluding hydrogens is 295 g/mol. The van der Waals surface area contributed by atoms with Gasteiger partial charge in [0.2, 0.25) is 0 Å². The summed E-state index contributed by atoms with van der Waals surface area (Å²) in [6.45, 7) is 2.22. The fourth-order valence-electron chi connectivity index (χ4n) is 2.10. The molecule has 1 unspecified atom stereocenters. The standard InChI is InChI=1S/C15H24Cl2N2O/c1-19(9-3-2-4-11-20)10-8-14(18)12-6-5-7-13(16)15(12)17/h5-7,14,20H,2-4,8-11,18H2,1H3. The van der Waals surface area contributed by atoms with Crippen molar-refractivity contribution in [2.24, 2.45) is 5.73 Å². The number of hydrogen-bond donors (Lipinski definition) is 2. The minimum atomic E-state index is -0.0962. The van der Waals surface area contributed by atoms with Crippen LogP contribution < -0.4 is 5.73 Å². The molecule has 20 heavy (non-hydrogen) atoms. The second-order valence-corrected chi connectivity index (χ2v) is 5.91. The lowest BCUT2D eigenvalue weighted by molar-refractivity contribution is 0.270. The summed E-state index contributed by atoms with van der Waals surface area (Å²) in [7, 11) is 2.09. The topological polar surface area (TPSA) is 49.5 Å². The molecule has 0 amide bonds. The Labute approximate surface area is 131 Å². The third kappa shape index (κ3) is 5.98. The summed E-state index contributed by atoms with van der Waals surface area (Å²) in [6, 6.07) is 5.48. The molecule has 1 rings (SSSR count). The van der Waals surface area contributed by atoms with Gasteiger partial charge < -0.3 is 15.7 Å². The van der Waals surface area contributed by atoms with E-state index in [2.05, 4.69) is 11.9 Å². The number of hydrogen-bond acceptors (Lipinski definition) is 3. The monoisotopic (exact) mass is 318 g/mol. The second-order valence-electron chi connectivity index (χ2n) is 5.13. The zero-order valence-electron chi connectivity index (χ0n) is 12.0. The van der Waals surface area contributed by atoms with Gasteiger partial charge in [0, 0.05) is 12.6 Å². The smallest absolute Gasteiger partial charge is 0.0640 e. The predicted octanol–water partition coefficient (Wildman–Crippen LogP) is 3.48. The van der Waals surface area contributed by atoms with Gasteiger partial charge in [-0.05, 0) is 57.5 Å². The van der Waals surface area contributed by atoms with Crippen molar-refractivity contribution in [2.75, 3.05) is 26.7 Å². The third-order valence-electron chi connectivity index (χ3n) is 3.40. The van der Waals surface area contributed by atoms with Crippen LogP contribution in [0.3, 0.4) is 0 Å². The summed E-state index contributed by atoms with van der Waals surface area (Å²) in [6.07, 6.45) is 3.89. The fourth-order valence-corrected chi connectivity index (χ4v) is 2.55. The third-order valence-corrected chi connectivity index (χ3v) is 4.23. The van der Waals surface area contributed by atoms with Crippen LogP contribution in [0.5, 0.6) is 0 Å². The van der Waals surface area contributed by atoms with Crippen LogP contribution in [0.1, 0.15) is 37.3 Å². The summed E-state index contributed by atoms with van der Waals surface area (Å²) < 4.78 is 0. The van der Waals surface area contributed by atoms with E-state index in [9.17, 15) is 0 Å². The van der Waals surface area contributed by atoms with Crippen LogP contribution in [0.2, 0.25) is 10.0 Å². The number of rotatable bonds is 9. The van der Waals surface area contributed by atoms with Crippen molar-refractivity contribution < 1.29 is 5.11 Å². The highest BCUT2D eigenvalue weighted by Crippen LogP contribution is 2.30. The molecule has 0 heterocycles. The molecule has 5 heteroatoms. The first kappa shape index (κ1) is 17.7. The van der Waals surface area contributed by atoms with Crippen LogP contribution in [-0.4, -0.2) is 36.8 Å². The molecule has 3 N–H and O–H groups in total. The Hall–Kier alpha value is -0.320. The van der Waals surface area contributed by atoms with E-state index >= 15 is 0 Å². The molecule has 3 nitrogen and oxygen atoms in total. The van der Waals surface area contributed by atoms with Crippen LogP contribution in [0.4, 0.5) is 0 Å². The Morgan fingerprint density at radius 2 is 1.95 bits per heavy atom. The van der Waals surface area contributed by atoms with E-state index in [0.717, 1.165) is 44.3 Å². The van der Waals surface area contributed by atoms with Gasteiger partial charge in [-0.1, -0.05) is 35.3 Å². The van der Waals surface area contributed by atoms with Crippen molar-refractivity contribution in [3.05, 3.63) is 33.8 Å². The molecule has 0 spiro atoms. The number of aliphatic hydroxyl groups is 1. The van der Waals surface area contributed by atoms with Crippen molar-refractivity contribution in [1.29, 1.82) is 0 Å². The molecule has 0 aliphatic heterocycles. The highest BCUT2D eigenvalue weighted by atomic mass is 35.5. The van der Waals surface area contributed by atoms with Gasteiger partial charge in [-0.25, -0.2) is 0 Å².